The lowest BCUT2D eigenvalue weighted by molar-refractivity contribution is 0.0764. The van der Waals surface area contributed by atoms with Crippen molar-refractivity contribution in [1.82, 2.24) is 14.9 Å². The molecular weight excluding hydrogens is 424 g/mol. The van der Waals surface area contributed by atoms with E-state index in [2.05, 4.69) is 31.2 Å². The minimum atomic E-state index is 0.430. The van der Waals surface area contributed by atoms with Crippen molar-refractivity contribution < 1.29 is 14.2 Å². The molecule has 2 aromatic carbocycles. The monoisotopic (exact) mass is 444 g/mol. The van der Waals surface area contributed by atoms with Crippen LogP contribution in [0.1, 0.15) is 11.1 Å². The summed E-state index contributed by atoms with van der Waals surface area (Å²) in [6, 6.07) is 13.7. The van der Waals surface area contributed by atoms with Crippen molar-refractivity contribution in [3.05, 3.63) is 70.7 Å². The first kappa shape index (κ1) is 20.0. The van der Waals surface area contributed by atoms with Crippen LogP contribution in [0.3, 0.4) is 0 Å². The second-order valence-electron chi connectivity index (χ2n) is 5.89. The number of hydrogen-bond donors (Lipinski definition) is 0. The topological polar surface area (TPSA) is 70.8 Å². The molecule has 0 bridgehead atoms. The van der Waals surface area contributed by atoms with Crippen molar-refractivity contribution in [3.8, 4) is 11.5 Å². The minimum Gasteiger partial charge on any atom is -0.491 e. The van der Waals surface area contributed by atoms with Gasteiger partial charge in [0.1, 0.15) is 37.4 Å². The van der Waals surface area contributed by atoms with Crippen LogP contribution in [0.2, 0.25) is 0 Å². The van der Waals surface area contributed by atoms with E-state index in [0.717, 1.165) is 21.5 Å². The highest BCUT2D eigenvalue weighted by Crippen LogP contribution is 2.22. The lowest BCUT2D eigenvalue weighted by Gasteiger charge is -2.10. The highest BCUT2D eigenvalue weighted by molar-refractivity contribution is 9.10. The third-order valence-electron chi connectivity index (χ3n) is 3.71. The molecule has 1 aromatic heterocycles. The zero-order chi connectivity index (χ0) is 19.6. The Bertz CT molecular complexity index is 883. The van der Waals surface area contributed by atoms with Gasteiger partial charge in [0.25, 0.3) is 0 Å². The zero-order valence-corrected chi connectivity index (χ0v) is 17.1. The van der Waals surface area contributed by atoms with Gasteiger partial charge in [0, 0.05) is 10.0 Å². The Morgan fingerprint density at radius 2 is 1.68 bits per heavy atom. The molecule has 0 aliphatic rings. The second-order valence-corrected chi connectivity index (χ2v) is 6.81. The summed E-state index contributed by atoms with van der Waals surface area (Å²) in [6.07, 6.45) is 4.72. The van der Waals surface area contributed by atoms with Crippen molar-refractivity contribution in [1.29, 1.82) is 0 Å². The predicted molar refractivity (Wildman–Crippen MR) is 110 cm³/mol. The Labute approximate surface area is 172 Å². The number of halogens is 1. The molecular formula is C20H21BrN4O3. The number of hydrogen-bond acceptors (Lipinski definition) is 6. The molecule has 0 amide bonds. The van der Waals surface area contributed by atoms with Gasteiger partial charge in [-0.15, -0.1) is 10.2 Å². The lowest BCUT2D eigenvalue weighted by atomic mass is 10.2. The van der Waals surface area contributed by atoms with E-state index >= 15 is 0 Å². The average Bonchev–Trinajstić information content (AvgIpc) is 3.22. The van der Waals surface area contributed by atoms with Gasteiger partial charge in [-0.25, -0.2) is 4.68 Å². The number of benzene rings is 2. The first-order valence-electron chi connectivity index (χ1n) is 8.79. The largest absolute Gasteiger partial charge is 0.491 e. The van der Waals surface area contributed by atoms with E-state index in [1.807, 2.05) is 49.4 Å². The van der Waals surface area contributed by atoms with Gasteiger partial charge in [-0.2, -0.15) is 5.10 Å². The van der Waals surface area contributed by atoms with E-state index in [4.69, 9.17) is 14.2 Å². The van der Waals surface area contributed by atoms with E-state index in [0.29, 0.717) is 26.4 Å². The van der Waals surface area contributed by atoms with Crippen molar-refractivity contribution in [2.24, 2.45) is 5.10 Å². The molecule has 0 aliphatic heterocycles. The molecule has 0 saturated heterocycles. The van der Waals surface area contributed by atoms with Crippen LogP contribution in [0.4, 0.5) is 0 Å². The fourth-order valence-electron chi connectivity index (χ4n) is 2.30. The van der Waals surface area contributed by atoms with Crippen LogP contribution in [0.15, 0.2) is 64.7 Å². The molecule has 0 N–H and O–H groups in total. The van der Waals surface area contributed by atoms with Crippen LogP contribution in [-0.2, 0) is 4.74 Å². The number of nitrogens with zero attached hydrogens (tertiary/aromatic N) is 4. The molecule has 0 radical (unpaired) electrons. The van der Waals surface area contributed by atoms with Crippen LogP contribution in [-0.4, -0.2) is 47.5 Å². The number of aromatic nitrogens is 3. The summed E-state index contributed by atoms with van der Waals surface area (Å²) >= 11 is 3.46. The molecule has 3 rings (SSSR count). The molecule has 1 heterocycles. The lowest BCUT2D eigenvalue weighted by Crippen LogP contribution is -2.12. The van der Waals surface area contributed by atoms with Gasteiger partial charge in [0.15, 0.2) is 0 Å². The normalized spacial score (nSPS) is 11.1. The molecule has 0 unspecified atom stereocenters. The molecule has 0 spiro atoms. The molecule has 7 nitrogen and oxygen atoms in total. The van der Waals surface area contributed by atoms with Crippen LogP contribution in [0.5, 0.6) is 11.5 Å². The first-order chi connectivity index (χ1) is 13.7. The predicted octanol–water partition coefficient (Wildman–Crippen LogP) is 3.71. The third kappa shape index (κ3) is 6.47. The summed E-state index contributed by atoms with van der Waals surface area (Å²) in [5.41, 5.74) is 2.05. The van der Waals surface area contributed by atoms with Crippen LogP contribution < -0.4 is 9.47 Å². The molecule has 0 fully saturated rings. The summed E-state index contributed by atoms with van der Waals surface area (Å²) in [4.78, 5) is 0. The maximum Gasteiger partial charge on any atom is 0.141 e. The van der Waals surface area contributed by atoms with Crippen molar-refractivity contribution >= 4 is 22.1 Å². The Balaban J connectivity index is 1.40. The van der Waals surface area contributed by atoms with Gasteiger partial charge < -0.3 is 14.2 Å². The molecule has 0 atom stereocenters. The molecule has 28 heavy (non-hydrogen) atoms. The number of ether oxygens (including phenoxy) is 3. The Morgan fingerprint density at radius 1 is 0.964 bits per heavy atom. The van der Waals surface area contributed by atoms with Gasteiger partial charge in [0.05, 0.1) is 19.4 Å². The van der Waals surface area contributed by atoms with Gasteiger partial charge in [0.2, 0.25) is 0 Å². The maximum atomic E-state index is 5.82. The van der Waals surface area contributed by atoms with Gasteiger partial charge >= 0.3 is 0 Å². The van der Waals surface area contributed by atoms with E-state index in [1.54, 1.807) is 6.21 Å². The summed E-state index contributed by atoms with van der Waals surface area (Å²) in [7, 11) is 0. The summed E-state index contributed by atoms with van der Waals surface area (Å²) < 4.78 is 19.5. The summed E-state index contributed by atoms with van der Waals surface area (Å²) in [6.45, 7) is 3.94. The summed E-state index contributed by atoms with van der Waals surface area (Å²) in [5.74, 6) is 1.57. The van der Waals surface area contributed by atoms with Crippen molar-refractivity contribution in [3.63, 3.8) is 0 Å². The number of rotatable bonds is 10. The second kappa shape index (κ2) is 10.6. The molecule has 8 heteroatoms. The average molecular weight is 445 g/mol. The van der Waals surface area contributed by atoms with Crippen molar-refractivity contribution in [2.45, 2.75) is 6.92 Å². The van der Waals surface area contributed by atoms with E-state index in [1.165, 1.54) is 22.9 Å². The van der Waals surface area contributed by atoms with Gasteiger partial charge in [-0.3, -0.25) is 0 Å². The number of aryl methyl sites for hydroxylation is 1. The fourth-order valence-corrected chi connectivity index (χ4v) is 2.68. The highest BCUT2D eigenvalue weighted by Gasteiger charge is 2.03. The van der Waals surface area contributed by atoms with Crippen LogP contribution in [0, 0.1) is 6.92 Å². The third-order valence-corrected chi connectivity index (χ3v) is 4.20. The SMILES string of the molecule is Cc1ccc(OCCOCCOc2ccc(Br)cc2/C=N\n2cnnc2)cc1. The van der Waals surface area contributed by atoms with Gasteiger partial charge in [-0.05, 0) is 37.3 Å². The first-order valence-corrected chi connectivity index (χ1v) is 9.58. The summed E-state index contributed by atoms with van der Waals surface area (Å²) in [5, 5.41) is 11.7. The highest BCUT2D eigenvalue weighted by atomic mass is 79.9. The Kier molecular flexibility index (Phi) is 7.57. The smallest absolute Gasteiger partial charge is 0.141 e. The van der Waals surface area contributed by atoms with Crippen molar-refractivity contribution in [2.75, 3.05) is 26.4 Å². The minimum absolute atomic E-state index is 0.430. The van der Waals surface area contributed by atoms with Crippen LogP contribution >= 0.6 is 15.9 Å². The zero-order valence-electron chi connectivity index (χ0n) is 15.5. The Hall–Kier alpha value is -2.71. The Morgan fingerprint density at radius 3 is 2.43 bits per heavy atom. The maximum absolute atomic E-state index is 5.82. The molecule has 146 valence electrons. The van der Waals surface area contributed by atoms with E-state index in [9.17, 15) is 0 Å². The van der Waals surface area contributed by atoms with E-state index in [-0.39, 0.29) is 0 Å². The quantitative estimate of drug-likeness (QED) is 0.352. The standard InChI is InChI=1S/C20H21BrN4O3/c1-16-2-5-19(6-3-16)27-10-8-26-9-11-28-20-7-4-18(21)12-17(20)13-24-25-14-22-23-15-25/h2-7,12-15H,8-11H2,1H3/b24-13-. The van der Waals surface area contributed by atoms with Crippen LogP contribution in [0.25, 0.3) is 0 Å². The van der Waals surface area contributed by atoms with E-state index < -0.39 is 0 Å². The molecule has 0 saturated carbocycles. The molecule has 0 aliphatic carbocycles. The van der Waals surface area contributed by atoms with Gasteiger partial charge in [-0.1, -0.05) is 33.6 Å². The fraction of sp³-hybridized carbons (Fsp3) is 0.250. The molecule has 3 aromatic rings.